The van der Waals surface area contributed by atoms with Gasteiger partial charge in [0.15, 0.2) is 0 Å². The van der Waals surface area contributed by atoms with E-state index in [2.05, 4.69) is 45.1 Å². The van der Waals surface area contributed by atoms with E-state index in [1.807, 2.05) is 31.3 Å². The van der Waals surface area contributed by atoms with Crippen LogP contribution in [0.1, 0.15) is 29.8 Å². The molecule has 0 unspecified atom stereocenters. The van der Waals surface area contributed by atoms with Crippen molar-refractivity contribution in [2.45, 2.75) is 39.3 Å². The molecule has 0 aliphatic carbocycles. The summed E-state index contributed by atoms with van der Waals surface area (Å²) in [5.41, 5.74) is 2.40. The number of rotatable bonds is 6. The van der Waals surface area contributed by atoms with E-state index >= 15 is 0 Å². The number of benzene rings is 1. The minimum Gasteiger partial charge on any atom is -0.368 e. The van der Waals surface area contributed by atoms with Crippen LogP contribution in [0.2, 0.25) is 5.02 Å². The number of aryl methyl sites for hydroxylation is 2. The van der Waals surface area contributed by atoms with Crippen molar-refractivity contribution in [3.8, 4) is 0 Å². The van der Waals surface area contributed by atoms with Crippen LogP contribution in [0.25, 0.3) is 0 Å². The number of hydrogen-bond acceptors (Lipinski definition) is 5. The SMILES string of the molecule is C=C(NCc1ccc(Cl)cc1C)N[C@@H]1CCCN(c2ccnc(C)n2)C1. The van der Waals surface area contributed by atoms with Gasteiger partial charge in [-0.1, -0.05) is 24.2 Å². The fraction of sp³-hybridized carbons (Fsp3) is 0.400. The molecule has 1 aliphatic heterocycles. The normalized spacial score (nSPS) is 17.0. The van der Waals surface area contributed by atoms with E-state index in [0.717, 1.165) is 55.0 Å². The first-order valence-corrected chi connectivity index (χ1v) is 9.38. The number of nitrogens with one attached hydrogen (secondary N) is 2. The highest BCUT2D eigenvalue weighted by Crippen LogP contribution is 2.18. The highest BCUT2D eigenvalue weighted by atomic mass is 35.5. The number of anilines is 1. The molecule has 0 amide bonds. The molecule has 5 nitrogen and oxygen atoms in total. The number of halogens is 1. The second kappa shape index (κ2) is 8.41. The van der Waals surface area contributed by atoms with Crippen molar-refractivity contribution >= 4 is 17.4 Å². The van der Waals surface area contributed by atoms with Gasteiger partial charge in [-0.05, 0) is 56.0 Å². The zero-order valence-electron chi connectivity index (χ0n) is 15.4. The molecule has 2 N–H and O–H groups in total. The van der Waals surface area contributed by atoms with Gasteiger partial charge in [-0.25, -0.2) is 9.97 Å². The smallest absolute Gasteiger partial charge is 0.132 e. The Balaban J connectivity index is 1.52. The van der Waals surface area contributed by atoms with Gasteiger partial charge in [0.1, 0.15) is 11.6 Å². The van der Waals surface area contributed by atoms with E-state index in [1.165, 1.54) is 11.1 Å². The van der Waals surface area contributed by atoms with Gasteiger partial charge in [-0.15, -0.1) is 0 Å². The van der Waals surface area contributed by atoms with Crippen LogP contribution in [0.4, 0.5) is 5.82 Å². The van der Waals surface area contributed by atoms with Gasteiger partial charge in [0.25, 0.3) is 0 Å². The maximum Gasteiger partial charge on any atom is 0.132 e. The predicted octanol–water partition coefficient (Wildman–Crippen LogP) is 3.57. The standard InChI is InChI=1S/C20H26ClN5/c1-14-11-18(21)7-6-17(14)12-23-16(3)24-19-5-4-10-26(13-19)20-8-9-22-15(2)25-20/h6-9,11,19,23-24H,3-5,10,12-13H2,1-2H3/t19-/m1/s1. The molecular weight excluding hydrogens is 346 g/mol. The van der Waals surface area contributed by atoms with E-state index in [4.69, 9.17) is 11.6 Å². The van der Waals surface area contributed by atoms with Crippen molar-refractivity contribution < 1.29 is 0 Å². The Bertz CT molecular complexity index is 777. The lowest BCUT2D eigenvalue weighted by Gasteiger charge is -2.35. The molecule has 3 rings (SSSR count). The Kier molecular flexibility index (Phi) is 5.99. The Labute approximate surface area is 160 Å². The topological polar surface area (TPSA) is 53.1 Å². The van der Waals surface area contributed by atoms with Gasteiger partial charge in [-0.3, -0.25) is 0 Å². The molecule has 1 aliphatic rings. The molecular formula is C20H26ClN5. The average molecular weight is 372 g/mol. The van der Waals surface area contributed by atoms with E-state index in [1.54, 1.807) is 0 Å². The molecule has 1 aromatic carbocycles. The number of piperidine rings is 1. The number of nitrogens with zero attached hydrogens (tertiary/aromatic N) is 3. The van der Waals surface area contributed by atoms with Crippen molar-refractivity contribution in [1.82, 2.24) is 20.6 Å². The monoisotopic (exact) mass is 371 g/mol. The van der Waals surface area contributed by atoms with Crippen LogP contribution in [-0.2, 0) is 6.54 Å². The Morgan fingerprint density at radius 1 is 1.35 bits per heavy atom. The lowest BCUT2D eigenvalue weighted by Crippen LogP contribution is -2.47. The van der Waals surface area contributed by atoms with E-state index < -0.39 is 0 Å². The fourth-order valence-electron chi connectivity index (χ4n) is 3.28. The van der Waals surface area contributed by atoms with E-state index in [0.29, 0.717) is 6.04 Å². The molecule has 1 saturated heterocycles. The van der Waals surface area contributed by atoms with Gasteiger partial charge < -0.3 is 15.5 Å². The van der Waals surface area contributed by atoms with Crippen molar-refractivity contribution in [1.29, 1.82) is 0 Å². The Morgan fingerprint density at radius 3 is 2.96 bits per heavy atom. The van der Waals surface area contributed by atoms with Gasteiger partial charge >= 0.3 is 0 Å². The van der Waals surface area contributed by atoms with Crippen LogP contribution in [0.5, 0.6) is 0 Å². The second-order valence-corrected chi connectivity index (χ2v) is 7.23. The first-order chi connectivity index (χ1) is 12.5. The highest BCUT2D eigenvalue weighted by Gasteiger charge is 2.21. The molecule has 0 saturated carbocycles. The minimum absolute atomic E-state index is 0.352. The number of aromatic nitrogens is 2. The summed E-state index contributed by atoms with van der Waals surface area (Å²) in [4.78, 5) is 11.0. The van der Waals surface area contributed by atoms with Gasteiger partial charge in [-0.2, -0.15) is 0 Å². The molecule has 26 heavy (non-hydrogen) atoms. The summed E-state index contributed by atoms with van der Waals surface area (Å²) in [6, 6.07) is 8.29. The first kappa shape index (κ1) is 18.5. The molecule has 6 heteroatoms. The molecule has 1 fully saturated rings. The molecule has 1 atom stereocenters. The maximum atomic E-state index is 6.02. The molecule has 2 heterocycles. The third-order valence-corrected chi connectivity index (χ3v) is 4.92. The molecule has 0 radical (unpaired) electrons. The summed E-state index contributed by atoms with van der Waals surface area (Å²) in [6.45, 7) is 10.8. The van der Waals surface area contributed by atoms with Crippen LogP contribution in [0.3, 0.4) is 0 Å². The summed E-state index contributed by atoms with van der Waals surface area (Å²) in [7, 11) is 0. The predicted molar refractivity (Wildman–Crippen MR) is 107 cm³/mol. The zero-order valence-corrected chi connectivity index (χ0v) is 16.2. The number of hydrogen-bond donors (Lipinski definition) is 2. The summed E-state index contributed by atoms with van der Waals surface area (Å²) in [5.74, 6) is 2.66. The minimum atomic E-state index is 0.352. The molecule has 0 spiro atoms. The third-order valence-electron chi connectivity index (χ3n) is 4.68. The maximum absolute atomic E-state index is 6.02. The van der Waals surface area contributed by atoms with Gasteiger partial charge in [0.2, 0.25) is 0 Å². The van der Waals surface area contributed by atoms with Crippen molar-refractivity contribution in [3.63, 3.8) is 0 Å². The quantitative estimate of drug-likeness (QED) is 0.813. The van der Waals surface area contributed by atoms with E-state index in [-0.39, 0.29) is 0 Å². The van der Waals surface area contributed by atoms with Gasteiger partial charge in [0.05, 0.1) is 5.82 Å². The lowest BCUT2D eigenvalue weighted by molar-refractivity contribution is 0.438. The fourth-order valence-corrected chi connectivity index (χ4v) is 3.51. The summed E-state index contributed by atoms with van der Waals surface area (Å²) in [5, 5.41) is 7.66. The molecule has 2 aromatic rings. The first-order valence-electron chi connectivity index (χ1n) is 9.00. The Hall–Kier alpha value is -2.27. The summed E-state index contributed by atoms with van der Waals surface area (Å²) in [6.07, 6.45) is 4.08. The highest BCUT2D eigenvalue weighted by molar-refractivity contribution is 6.30. The second-order valence-electron chi connectivity index (χ2n) is 6.79. The van der Waals surface area contributed by atoms with Crippen LogP contribution in [0.15, 0.2) is 42.9 Å². The van der Waals surface area contributed by atoms with Crippen molar-refractivity contribution in [2.24, 2.45) is 0 Å². The van der Waals surface area contributed by atoms with Crippen LogP contribution in [0, 0.1) is 13.8 Å². The van der Waals surface area contributed by atoms with Gasteiger partial charge in [0, 0.05) is 36.9 Å². The van der Waals surface area contributed by atoms with Crippen molar-refractivity contribution in [2.75, 3.05) is 18.0 Å². The largest absolute Gasteiger partial charge is 0.368 e. The average Bonchev–Trinajstić information content (AvgIpc) is 2.61. The lowest BCUT2D eigenvalue weighted by atomic mass is 10.1. The summed E-state index contributed by atoms with van der Waals surface area (Å²) >= 11 is 6.02. The van der Waals surface area contributed by atoms with E-state index in [9.17, 15) is 0 Å². The third kappa shape index (κ3) is 4.88. The molecule has 138 valence electrons. The van der Waals surface area contributed by atoms with Crippen molar-refractivity contribution in [3.05, 3.63) is 64.8 Å². The molecule has 0 bridgehead atoms. The van der Waals surface area contributed by atoms with Crippen LogP contribution in [-0.4, -0.2) is 29.1 Å². The zero-order chi connectivity index (χ0) is 18.5. The van der Waals surface area contributed by atoms with Crippen LogP contribution >= 0.6 is 11.6 Å². The van der Waals surface area contributed by atoms with Crippen LogP contribution < -0.4 is 15.5 Å². The molecule has 1 aromatic heterocycles. The summed E-state index contributed by atoms with van der Waals surface area (Å²) < 4.78 is 0. The Morgan fingerprint density at radius 2 is 2.19 bits per heavy atom.